The largest absolute Gasteiger partial charge is 0.359 e. The highest BCUT2D eigenvalue weighted by Gasteiger charge is 2.25. The summed E-state index contributed by atoms with van der Waals surface area (Å²) in [6.07, 6.45) is 1.19. The minimum absolute atomic E-state index is 0.00106. The number of nitrogens with one attached hydrogen (secondary N) is 1. The molecule has 0 saturated carbocycles. The summed E-state index contributed by atoms with van der Waals surface area (Å²) in [5.41, 5.74) is -0.397. The first-order valence-corrected chi connectivity index (χ1v) is 4.55. The highest BCUT2D eigenvalue weighted by atomic mass is 31.1. The van der Waals surface area contributed by atoms with Crippen LogP contribution in [0.3, 0.4) is 0 Å². The Balaban J connectivity index is 3.97. The lowest BCUT2D eigenvalue weighted by Gasteiger charge is -2.20. The van der Waals surface area contributed by atoms with E-state index < -0.39 is 5.41 Å². The Morgan fingerprint density at radius 2 is 2.09 bits per heavy atom. The van der Waals surface area contributed by atoms with E-state index in [0.29, 0.717) is 12.6 Å². The number of carbonyl (C=O) groups excluding carboxylic acids is 1. The minimum atomic E-state index is -0.397. The zero-order valence-corrected chi connectivity index (χ0v) is 8.07. The van der Waals surface area contributed by atoms with Gasteiger partial charge in [0.05, 0.1) is 0 Å². The maximum absolute atomic E-state index is 11.1. The normalized spacial score (nSPS) is 11.5. The molecule has 11 heavy (non-hydrogen) atoms. The molecule has 64 valence electrons. The Hall–Kier alpha value is -0.430. The molecule has 4 heteroatoms. The van der Waals surface area contributed by atoms with Crippen LogP contribution < -0.4 is 5.32 Å². The lowest BCUT2D eigenvalue weighted by molar-refractivity contribution is -0.128. The molecule has 0 heterocycles. The van der Waals surface area contributed by atoms with Crippen molar-refractivity contribution in [1.82, 2.24) is 5.32 Å². The van der Waals surface area contributed by atoms with Gasteiger partial charge in [0.1, 0.15) is 0 Å². The van der Waals surface area contributed by atoms with Crippen molar-refractivity contribution in [2.45, 2.75) is 20.3 Å². The first-order chi connectivity index (χ1) is 5.04. The van der Waals surface area contributed by atoms with E-state index in [1.54, 1.807) is 7.05 Å². The van der Waals surface area contributed by atoms with Gasteiger partial charge in [0.2, 0.25) is 5.91 Å². The van der Waals surface area contributed by atoms with Crippen LogP contribution in [0.4, 0.5) is 0 Å². The Labute approximate surface area is 68.8 Å². The molecule has 0 bridgehead atoms. The molecule has 0 aromatic heterocycles. The summed E-state index contributed by atoms with van der Waals surface area (Å²) in [5.74, 6) is 0.00106. The predicted octanol–water partition coefficient (Wildman–Crippen LogP) is 1.44. The van der Waals surface area contributed by atoms with Gasteiger partial charge in [0.15, 0.2) is 8.46 Å². The fourth-order valence-electron chi connectivity index (χ4n) is 0.777. The molecular formula is C7H14NO2P. The molecule has 0 radical (unpaired) electrons. The van der Waals surface area contributed by atoms with Crippen molar-refractivity contribution in [2.75, 3.05) is 13.2 Å². The summed E-state index contributed by atoms with van der Waals surface area (Å²) in [5, 5.41) is 2.57. The summed E-state index contributed by atoms with van der Waals surface area (Å²) < 4.78 is 10.1. The molecule has 0 aliphatic carbocycles. The van der Waals surface area contributed by atoms with E-state index in [9.17, 15) is 9.36 Å². The van der Waals surface area contributed by atoms with Crippen molar-refractivity contribution in [2.24, 2.45) is 5.41 Å². The summed E-state index contributed by atoms with van der Waals surface area (Å²) in [4.78, 5) is 11.1. The molecule has 0 rings (SSSR count). The van der Waals surface area contributed by atoms with Crippen LogP contribution in [0.15, 0.2) is 0 Å². The quantitative estimate of drug-likeness (QED) is 0.657. The minimum Gasteiger partial charge on any atom is -0.359 e. The van der Waals surface area contributed by atoms with Gasteiger partial charge in [-0.05, 0) is 6.42 Å². The Morgan fingerprint density at radius 3 is 2.45 bits per heavy atom. The van der Waals surface area contributed by atoms with Crippen molar-refractivity contribution in [3.05, 3.63) is 0 Å². The molecule has 0 atom stereocenters. The van der Waals surface area contributed by atoms with Gasteiger partial charge in [-0.2, -0.15) is 0 Å². The highest BCUT2D eigenvalue weighted by molar-refractivity contribution is 7.23. The predicted molar refractivity (Wildman–Crippen MR) is 44.9 cm³/mol. The van der Waals surface area contributed by atoms with E-state index in [4.69, 9.17) is 0 Å². The van der Waals surface area contributed by atoms with Crippen LogP contribution in [-0.4, -0.2) is 19.1 Å². The van der Waals surface area contributed by atoms with E-state index in [-0.39, 0.29) is 14.4 Å². The summed E-state index contributed by atoms with van der Waals surface area (Å²) in [6.45, 7) is 3.69. The number of carbonyl (C=O) groups is 1. The molecule has 0 unspecified atom stereocenters. The van der Waals surface area contributed by atoms with Crippen molar-refractivity contribution < 1.29 is 9.36 Å². The van der Waals surface area contributed by atoms with Crippen LogP contribution >= 0.6 is 8.46 Å². The van der Waals surface area contributed by atoms with Gasteiger partial charge in [-0.1, -0.05) is 13.8 Å². The third-order valence-corrected chi connectivity index (χ3v) is 2.08. The average Bonchev–Trinajstić information content (AvgIpc) is 1.99. The molecule has 0 saturated heterocycles. The molecule has 0 aromatic rings. The van der Waals surface area contributed by atoms with Gasteiger partial charge in [-0.15, -0.1) is 0 Å². The van der Waals surface area contributed by atoms with Crippen LogP contribution in [0.25, 0.3) is 0 Å². The molecule has 1 N–H and O–H groups in total. The van der Waals surface area contributed by atoms with Crippen molar-refractivity contribution in [3.63, 3.8) is 0 Å². The van der Waals surface area contributed by atoms with Crippen molar-refractivity contribution in [3.8, 4) is 0 Å². The van der Waals surface area contributed by atoms with Crippen molar-refractivity contribution in [1.29, 1.82) is 0 Å². The fourth-order valence-corrected chi connectivity index (χ4v) is 1.43. The second-order valence-electron chi connectivity index (χ2n) is 3.07. The Kier molecular flexibility index (Phi) is 4.27. The molecule has 0 aliphatic rings. The maximum atomic E-state index is 11.1. The van der Waals surface area contributed by atoms with Crippen LogP contribution in [-0.2, 0) is 9.36 Å². The number of hydrogen-bond donors (Lipinski definition) is 1. The second kappa shape index (κ2) is 4.45. The van der Waals surface area contributed by atoms with Crippen LogP contribution in [0, 0.1) is 5.41 Å². The topological polar surface area (TPSA) is 46.2 Å². The molecule has 1 amide bonds. The third-order valence-electron chi connectivity index (χ3n) is 1.67. The molecule has 0 aliphatic heterocycles. The fraction of sp³-hybridized carbons (Fsp3) is 0.857. The van der Waals surface area contributed by atoms with Gasteiger partial charge in [0.25, 0.3) is 0 Å². The highest BCUT2D eigenvalue weighted by Crippen LogP contribution is 2.21. The summed E-state index contributed by atoms with van der Waals surface area (Å²) >= 11 is 0. The number of rotatable bonds is 4. The zero-order valence-electron chi connectivity index (χ0n) is 7.18. The first kappa shape index (κ1) is 10.6. The van der Waals surface area contributed by atoms with Crippen LogP contribution in [0.5, 0.6) is 0 Å². The number of hydrogen-bond acceptors (Lipinski definition) is 2. The van der Waals surface area contributed by atoms with Crippen LogP contribution in [0.1, 0.15) is 20.3 Å². The standard InChI is InChI=1S/C7H14NO2P/c1-7(2,4-5-11-10)6(9)8-3/h4-5H2,1-3H3,(H,8,9). The average molecular weight is 175 g/mol. The SMILES string of the molecule is CNC(=O)C(C)(C)CCP=O. The van der Waals surface area contributed by atoms with Crippen molar-refractivity contribution >= 4 is 14.4 Å². The second-order valence-corrected chi connectivity index (χ2v) is 3.77. The van der Waals surface area contributed by atoms with Gasteiger partial charge < -0.3 is 5.32 Å². The van der Waals surface area contributed by atoms with E-state index in [2.05, 4.69) is 5.32 Å². The monoisotopic (exact) mass is 175 g/mol. The molecular weight excluding hydrogens is 161 g/mol. The lowest BCUT2D eigenvalue weighted by atomic mass is 9.89. The Morgan fingerprint density at radius 1 is 1.55 bits per heavy atom. The molecule has 3 nitrogen and oxygen atoms in total. The van der Waals surface area contributed by atoms with Gasteiger partial charge >= 0.3 is 0 Å². The van der Waals surface area contributed by atoms with E-state index in [1.165, 1.54) is 0 Å². The summed E-state index contributed by atoms with van der Waals surface area (Å²) in [6, 6.07) is 0. The Bertz CT molecular complexity index is 157. The van der Waals surface area contributed by atoms with Gasteiger partial charge in [0, 0.05) is 18.6 Å². The molecule has 0 spiro atoms. The lowest BCUT2D eigenvalue weighted by Crippen LogP contribution is -2.34. The van der Waals surface area contributed by atoms with E-state index in [1.807, 2.05) is 13.8 Å². The van der Waals surface area contributed by atoms with E-state index >= 15 is 0 Å². The molecule has 0 fully saturated rings. The van der Waals surface area contributed by atoms with Gasteiger partial charge in [-0.25, -0.2) is 0 Å². The molecule has 0 aromatic carbocycles. The third kappa shape index (κ3) is 3.47. The smallest absolute Gasteiger partial charge is 0.225 e. The number of amides is 1. The zero-order chi connectivity index (χ0) is 8.91. The first-order valence-electron chi connectivity index (χ1n) is 3.56. The maximum Gasteiger partial charge on any atom is 0.225 e. The van der Waals surface area contributed by atoms with Crippen LogP contribution in [0.2, 0.25) is 0 Å². The van der Waals surface area contributed by atoms with E-state index in [0.717, 1.165) is 0 Å². The van der Waals surface area contributed by atoms with Gasteiger partial charge in [-0.3, -0.25) is 9.36 Å². The summed E-state index contributed by atoms with van der Waals surface area (Å²) in [7, 11) is 1.72.